The van der Waals surface area contributed by atoms with Crippen LogP contribution in [0.3, 0.4) is 0 Å². The van der Waals surface area contributed by atoms with Gasteiger partial charge in [0.25, 0.3) is 0 Å². The minimum absolute atomic E-state index is 0.0707. The largest absolute Gasteiger partial charge is 0.409 e. The van der Waals surface area contributed by atoms with E-state index in [0.29, 0.717) is 6.54 Å². The van der Waals surface area contributed by atoms with Crippen molar-refractivity contribution in [3.63, 3.8) is 0 Å². The third-order valence-electron chi connectivity index (χ3n) is 1.78. The van der Waals surface area contributed by atoms with Gasteiger partial charge >= 0.3 is 0 Å². The summed E-state index contributed by atoms with van der Waals surface area (Å²) in [6.45, 7) is 2.25. The number of amidine groups is 1. The Morgan fingerprint density at radius 2 is 2.14 bits per heavy atom. The van der Waals surface area contributed by atoms with E-state index in [0.717, 1.165) is 0 Å². The van der Waals surface area contributed by atoms with Crippen molar-refractivity contribution in [2.45, 2.75) is 6.92 Å². The first-order valence-electron chi connectivity index (χ1n) is 4.26. The summed E-state index contributed by atoms with van der Waals surface area (Å²) in [5.74, 6) is 0.310. The number of rotatable bonds is 6. The zero-order valence-electron chi connectivity index (χ0n) is 8.47. The van der Waals surface area contributed by atoms with E-state index in [1.165, 1.54) is 0 Å². The zero-order chi connectivity index (χ0) is 11.2. The number of oxime groups is 1. The molecule has 3 N–H and O–H groups in total. The molecule has 0 aliphatic rings. The molecule has 0 rings (SSSR count). The van der Waals surface area contributed by atoms with Gasteiger partial charge in [-0.15, -0.1) is 0 Å². The van der Waals surface area contributed by atoms with E-state index < -0.39 is 9.84 Å². The second kappa shape index (κ2) is 5.82. The Balaban J connectivity index is 3.92. The Morgan fingerprint density at radius 1 is 1.57 bits per heavy atom. The molecule has 0 unspecified atom stereocenters. The summed E-state index contributed by atoms with van der Waals surface area (Å²) in [6.07, 6.45) is 0. The molecular formula is C7H17N3O3S. The highest BCUT2D eigenvalue weighted by molar-refractivity contribution is 7.91. The van der Waals surface area contributed by atoms with Gasteiger partial charge in [0.2, 0.25) is 0 Å². The lowest BCUT2D eigenvalue weighted by molar-refractivity contribution is 0.311. The molecule has 0 aliphatic carbocycles. The number of nitrogens with zero attached hydrogens (tertiary/aromatic N) is 2. The van der Waals surface area contributed by atoms with Crippen molar-refractivity contribution in [3.05, 3.63) is 0 Å². The Labute approximate surface area is 84.3 Å². The summed E-state index contributed by atoms with van der Waals surface area (Å²) in [5, 5.41) is 11.1. The van der Waals surface area contributed by atoms with Crippen LogP contribution in [0.25, 0.3) is 0 Å². The lowest BCUT2D eigenvalue weighted by atomic mass is 10.5. The van der Waals surface area contributed by atoms with Gasteiger partial charge in [-0.3, -0.25) is 4.90 Å². The average Bonchev–Trinajstić information content (AvgIpc) is 2.15. The molecule has 0 saturated carbocycles. The molecule has 0 aromatic carbocycles. The van der Waals surface area contributed by atoms with Gasteiger partial charge in [-0.05, 0) is 7.05 Å². The quantitative estimate of drug-likeness (QED) is 0.263. The van der Waals surface area contributed by atoms with Crippen molar-refractivity contribution >= 4 is 15.7 Å². The lowest BCUT2D eigenvalue weighted by Crippen LogP contribution is -2.34. The molecule has 0 radical (unpaired) electrons. The molecule has 84 valence electrons. The predicted octanol–water partition coefficient (Wildman–Crippen LogP) is -0.901. The minimum Gasteiger partial charge on any atom is -0.409 e. The fourth-order valence-electron chi connectivity index (χ4n) is 0.826. The van der Waals surface area contributed by atoms with Crippen LogP contribution in [0.5, 0.6) is 0 Å². The molecular weight excluding hydrogens is 206 g/mol. The second-order valence-electron chi connectivity index (χ2n) is 3.07. The van der Waals surface area contributed by atoms with Crippen LogP contribution in [0, 0.1) is 0 Å². The number of hydrogen-bond acceptors (Lipinski definition) is 5. The first kappa shape index (κ1) is 13.2. The van der Waals surface area contributed by atoms with Crippen molar-refractivity contribution in [1.82, 2.24) is 4.90 Å². The van der Waals surface area contributed by atoms with Gasteiger partial charge in [0.05, 0.1) is 12.3 Å². The first-order valence-corrected chi connectivity index (χ1v) is 6.08. The van der Waals surface area contributed by atoms with E-state index in [1.807, 2.05) is 0 Å². The van der Waals surface area contributed by atoms with Gasteiger partial charge in [-0.25, -0.2) is 8.42 Å². The number of hydrogen-bond donors (Lipinski definition) is 2. The Kier molecular flexibility index (Phi) is 5.47. The van der Waals surface area contributed by atoms with Crippen molar-refractivity contribution in [3.8, 4) is 0 Å². The van der Waals surface area contributed by atoms with Crippen LogP contribution < -0.4 is 5.73 Å². The standard InChI is InChI=1S/C7H17N3O3S/c1-3-14(12,13)5-4-10(2)6-7(8)9-11/h11H,3-6H2,1-2H3,(H2,8,9). The molecule has 0 spiro atoms. The van der Waals surface area contributed by atoms with Crippen LogP contribution in [0.4, 0.5) is 0 Å². The summed E-state index contributed by atoms with van der Waals surface area (Å²) in [7, 11) is -1.23. The SMILES string of the molecule is CCS(=O)(=O)CCN(C)CC(N)=NO. The normalized spacial score (nSPS) is 13.5. The molecule has 0 bridgehead atoms. The van der Waals surface area contributed by atoms with Gasteiger partial charge in [-0.1, -0.05) is 12.1 Å². The van der Waals surface area contributed by atoms with Crippen LogP contribution in [-0.2, 0) is 9.84 Å². The van der Waals surface area contributed by atoms with Crippen LogP contribution in [-0.4, -0.2) is 56.0 Å². The maximum Gasteiger partial charge on any atom is 0.153 e. The van der Waals surface area contributed by atoms with Gasteiger partial charge in [0.1, 0.15) is 0 Å². The minimum atomic E-state index is -2.94. The molecule has 0 aromatic heterocycles. The summed E-state index contributed by atoms with van der Waals surface area (Å²) in [5.41, 5.74) is 5.25. The fraction of sp³-hybridized carbons (Fsp3) is 0.857. The van der Waals surface area contributed by atoms with Crippen LogP contribution in [0.15, 0.2) is 5.16 Å². The van der Waals surface area contributed by atoms with Crippen molar-refractivity contribution in [2.24, 2.45) is 10.9 Å². The highest BCUT2D eigenvalue weighted by atomic mass is 32.2. The fourth-order valence-corrected chi connectivity index (χ4v) is 1.71. The Morgan fingerprint density at radius 3 is 2.57 bits per heavy atom. The molecule has 6 nitrogen and oxygen atoms in total. The maximum absolute atomic E-state index is 11.1. The number of likely N-dealkylation sites (N-methyl/N-ethyl adjacent to an activating group) is 1. The average molecular weight is 223 g/mol. The molecule has 0 aromatic rings. The van der Waals surface area contributed by atoms with Gasteiger partial charge in [-0.2, -0.15) is 0 Å². The second-order valence-corrected chi connectivity index (χ2v) is 5.54. The molecule has 0 fully saturated rings. The predicted molar refractivity (Wildman–Crippen MR) is 55.2 cm³/mol. The van der Waals surface area contributed by atoms with Crippen LogP contribution >= 0.6 is 0 Å². The monoisotopic (exact) mass is 223 g/mol. The topological polar surface area (TPSA) is 96.0 Å². The smallest absolute Gasteiger partial charge is 0.153 e. The Bertz CT molecular complexity index is 287. The molecule has 14 heavy (non-hydrogen) atoms. The van der Waals surface area contributed by atoms with Gasteiger partial charge < -0.3 is 10.9 Å². The Hall–Kier alpha value is -0.820. The third-order valence-corrected chi connectivity index (χ3v) is 3.47. The highest BCUT2D eigenvalue weighted by Crippen LogP contribution is 1.91. The molecule has 0 amide bonds. The van der Waals surface area contributed by atoms with Gasteiger partial charge in [0, 0.05) is 12.3 Å². The zero-order valence-corrected chi connectivity index (χ0v) is 9.29. The maximum atomic E-state index is 11.1. The van der Waals surface area contributed by atoms with Crippen LogP contribution in [0.2, 0.25) is 0 Å². The summed E-state index contributed by atoms with van der Waals surface area (Å²) in [6, 6.07) is 0. The third kappa shape index (κ3) is 5.76. The van der Waals surface area contributed by atoms with E-state index in [2.05, 4.69) is 5.16 Å². The number of nitrogens with two attached hydrogens (primary N) is 1. The molecule has 0 atom stereocenters. The van der Waals surface area contributed by atoms with Crippen molar-refractivity contribution in [2.75, 3.05) is 31.6 Å². The first-order chi connectivity index (χ1) is 6.41. The van der Waals surface area contributed by atoms with E-state index in [4.69, 9.17) is 10.9 Å². The van der Waals surface area contributed by atoms with Crippen LogP contribution in [0.1, 0.15) is 6.92 Å². The lowest BCUT2D eigenvalue weighted by Gasteiger charge is -2.14. The van der Waals surface area contributed by atoms with Crippen molar-refractivity contribution in [1.29, 1.82) is 0 Å². The van der Waals surface area contributed by atoms with Gasteiger partial charge in [0.15, 0.2) is 15.7 Å². The number of sulfone groups is 1. The molecule has 0 saturated heterocycles. The molecule has 7 heteroatoms. The van der Waals surface area contributed by atoms with E-state index in [1.54, 1.807) is 18.9 Å². The molecule has 0 aliphatic heterocycles. The highest BCUT2D eigenvalue weighted by Gasteiger charge is 2.09. The van der Waals surface area contributed by atoms with E-state index >= 15 is 0 Å². The summed E-state index contributed by atoms with van der Waals surface area (Å²) in [4.78, 5) is 1.68. The summed E-state index contributed by atoms with van der Waals surface area (Å²) >= 11 is 0. The van der Waals surface area contributed by atoms with E-state index in [9.17, 15) is 8.42 Å². The van der Waals surface area contributed by atoms with Crippen molar-refractivity contribution < 1.29 is 13.6 Å². The van der Waals surface area contributed by atoms with E-state index in [-0.39, 0.29) is 23.9 Å². The summed E-state index contributed by atoms with van der Waals surface area (Å²) < 4.78 is 22.2. The molecule has 0 heterocycles.